The summed E-state index contributed by atoms with van der Waals surface area (Å²) in [6.07, 6.45) is 0.465. The number of amides is 1. The Morgan fingerprint density at radius 3 is 2.46 bits per heavy atom. The summed E-state index contributed by atoms with van der Waals surface area (Å²) in [7, 11) is 1.45. The van der Waals surface area contributed by atoms with E-state index in [0.717, 1.165) is 5.56 Å². The molecule has 7 heteroatoms. The number of ether oxygens (including phenoxy) is 1. The number of rotatable bonds is 4. The number of carbonyl (C=O) groups excluding carboxylic acids is 1. The molecule has 1 aromatic rings. The summed E-state index contributed by atoms with van der Waals surface area (Å²) in [4.78, 5) is 18.7. The highest BCUT2D eigenvalue weighted by atomic mass is 16.5. The van der Waals surface area contributed by atoms with Crippen LogP contribution in [0, 0.1) is 11.3 Å². The fourth-order valence-electron chi connectivity index (χ4n) is 2.67. The van der Waals surface area contributed by atoms with Gasteiger partial charge in [0.2, 0.25) is 5.88 Å². The van der Waals surface area contributed by atoms with Gasteiger partial charge in [0.05, 0.1) is 24.3 Å². The van der Waals surface area contributed by atoms with Gasteiger partial charge in [0.15, 0.2) is 0 Å². The normalized spacial score (nSPS) is 16.4. The predicted molar refractivity (Wildman–Crippen MR) is 101 cm³/mol. The molecule has 136 valence electrons. The zero-order chi connectivity index (χ0) is 19.5. The average Bonchev–Trinajstić information content (AvgIpc) is 2.61. The first-order valence-electron chi connectivity index (χ1n) is 8.11. The van der Waals surface area contributed by atoms with Crippen molar-refractivity contribution in [1.82, 2.24) is 0 Å². The summed E-state index contributed by atoms with van der Waals surface area (Å²) in [6, 6.07) is 9.57. The summed E-state index contributed by atoms with van der Waals surface area (Å²) in [6.45, 7) is 7.75. The number of methoxy groups -OCH3 is 1. The molecule has 0 bridgehead atoms. The van der Waals surface area contributed by atoms with Gasteiger partial charge in [-0.05, 0) is 38.1 Å². The number of nitriles is 1. The Kier molecular flexibility index (Phi) is 5.36. The highest BCUT2D eigenvalue weighted by Crippen LogP contribution is 2.28. The Balaban J connectivity index is 2.35. The van der Waals surface area contributed by atoms with Crippen LogP contribution in [0.15, 0.2) is 53.1 Å². The third kappa shape index (κ3) is 3.70. The fraction of sp³-hybridized carbons (Fsp3) is 0.316. The van der Waals surface area contributed by atoms with Gasteiger partial charge in [-0.3, -0.25) is 4.79 Å². The SMILES string of the molecule is C=C(/N=C1/CCN(c2ccc(C(C)(C)C#N)cc2)C(=O)C1=C(N)N)OC. The van der Waals surface area contributed by atoms with Gasteiger partial charge in [-0.1, -0.05) is 12.1 Å². The second-order valence-corrected chi connectivity index (χ2v) is 6.48. The maximum Gasteiger partial charge on any atom is 0.263 e. The van der Waals surface area contributed by atoms with Crippen molar-refractivity contribution < 1.29 is 9.53 Å². The molecular formula is C19H23N5O2. The molecule has 0 spiro atoms. The largest absolute Gasteiger partial charge is 0.481 e. The van der Waals surface area contributed by atoms with E-state index in [4.69, 9.17) is 16.2 Å². The van der Waals surface area contributed by atoms with Crippen LogP contribution in [-0.2, 0) is 14.9 Å². The minimum Gasteiger partial charge on any atom is -0.481 e. The van der Waals surface area contributed by atoms with Crippen LogP contribution < -0.4 is 16.4 Å². The number of carbonyl (C=O) groups is 1. The molecule has 7 nitrogen and oxygen atoms in total. The monoisotopic (exact) mass is 353 g/mol. The number of anilines is 1. The van der Waals surface area contributed by atoms with Crippen LogP contribution in [0.25, 0.3) is 0 Å². The van der Waals surface area contributed by atoms with Crippen molar-refractivity contribution in [3.05, 3.63) is 53.7 Å². The minimum atomic E-state index is -0.600. The molecule has 2 rings (SSSR count). The van der Waals surface area contributed by atoms with Gasteiger partial charge in [-0.25, -0.2) is 4.99 Å². The molecule has 1 aliphatic rings. The molecule has 1 heterocycles. The number of hydrogen-bond donors (Lipinski definition) is 2. The van der Waals surface area contributed by atoms with E-state index >= 15 is 0 Å². The Morgan fingerprint density at radius 2 is 1.96 bits per heavy atom. The first-order valence-corrected chi connectivity index (χ1v) is 8.11. The maximum atomic E-state index is 12.9. The lowest BCUT2D eigenvalue weighted by molar-refractivity contribution is -0.115. The Labute approximate surface area is 153 Å². The highest BCUT2D eigenvalue weighted by molar-refractivity contribution is 6.28. The number of hydrogen-bond acceptors (Lipinski definition) is 6. The second kappa shape index (κ2) is 7.31. The van der Waals surface area contributed by atoms with E-state index in [2.05, 4.69) is 17.6 Å². The van der Waals surface area contributed by atoms with E-state index < -0.39 is 5.41 Å². The van der Waals surface area contributed by atoms with Gasteiger partial charge >= 0.3 is 0 Å². The van der Waals surface area contributed by atoms with Gasteiger partial charge in [-0.2, -0.15) is 5.26 Å². The molecule has 0 saturated carbocycles. The maximum absolute atomic E-state index is 12.9. The zero-order valence-electron chi connectivity index (χ0n) is 15.2. The number of aliphatic imine (C=N–C) groups is 1. The van der Waals surface area contributed by atoms with Crippen molar-refractivity contribution >= 4 is 17.3 Å². The molecule has 0 radical (unpaired) electrons. The number of nitrogens with zero attached hydrogens (tertiary/aromatic N) is 3. The first kappa shape index (κ1) is 19.1. The molecule has 1 amide bonds. The molecule has 1 aliphatic heterocycles. The summed E-state index contributed by atoms with van der Waals surface area (Å²) in [5.41, 5.74) is 13.1. The van der Waals surface area contributed by atoms with Crippen LogP contribution in [0.2, 0.25) is 0 Å². The highest BCUT2D eigenvalue weighted by Gasteiger charge is 2.31. The molecule has 0 aliphatic carbocycles. The lowest BCUT2D eigenvalue weighted by Crippen LogP contribution is -2.43. The van der Waals surface area contributed by atoms with E-state index in [1.807, 2.05) is 38.1 Å². The van der Waals surface area contributed by atoms with Crippen LogP contribution in [0.5, 0.6) is 0 Å². The van der Waals surface area contributed by atoms with Crippen molar-refractivity contribution in [2.45, 2.75) is 25.7 Å². The molecule has 0 unspecified atom stereocenters. The Morgan fingerprint density at radius 1 is 1.35 bits per heavy atom. The van der Waals surface area contributed by atoms with Gasteiger partial charge in [0.1, 0.15) is 11.4 Å². The lowest BCUT2D eigenvalue weighted by Gasteiger charge is -2.30. The molecule has 1 aromatic carbocycles. The van der Waals surface area contributed by atoms with Crippen molar-refractivity contribution in [3.8, 4) is 6.07 Å². The summed E-state index contributed by atoms with van der Waals surface area (Å²) in [5, 5.41) is 9.25. The number of benzene rings is 1. The van der Waals surface area contributed by atoms with E-state index in [9.17, 15) is 10.1 Å². The minimum absolute atomic E-state index is 0.0930. The number of piperidine rings is 1. The third-order valence-corrected chi connectivity index (χ3v) is 4.28. The van der Waals surface area contributed by atoms with Crippen molar-refractivity contribution in [2.24, 2.45) is 16.5 Å². The van der Waals surface area contributed by atoms with Crippen LogP contribution in [-0.4, -0.2) is 25.3 Å². The molecule has 4 N–H and O–H groups in total. The van der Waals surface area contributed by atoms with Crippen molar-refractivity contribution in [3.63, 3.8) is 0 Å². The van der Waals surface area contributed by atoms with E-state index in [1.165, 1.54) is 7.11 Å². The molecule has 0 atom stereocenters. The fourth-order valence-corrected chi connectivity index (χ4v) is 2.67. The lowest BCUT2D eigenvalue weighted by atomic mass is 9.86. The zero-order valence-corrected chi connectivity index (χ0v) is 15.2. The van der Waals surface area contributed by atoms with Crippen LogP contribution >= 0.6 is 0 Å². The van der Waals surface area contributed by atoms with E-state index in [0.29, 0.717) is 24.4 Å². The van der Waals surface area contributed by atoms with E-state index in [-0.39, 0.29) is 23.2 Å². The average molecular weight is 353 g/mol. The van der Waals surface area contributed by atoms with Crippen molar-refractivity contribution in [2.75, 3.05) is 18.6 Å². The predicted octanol–water partition coefficient (Wildman–Crippen LogP) is 1.91. The Hall–Kier alpha value is -3.27. The topological polar surface area (TPSA) is 118 Å². The van der Waals surface area contributed by atoms with E-state index in [1.54, 1.807) is 4.90 Å². The van der Waals surface area contributed by atoms with Gasteiger partial charge < -0.3 is 21.1 Å². The Bertz CT molecular complexity index is 824. The van der Waals surface area contributed by atoms with Crippen LogP contribution in [0.3, 0.4) is 0 Å². The third-order valence-electron chi connectivity index (χ3n) is 4.28. The van der Waals surface area contributed by atoms with Crippen molar-refractivity contribution in [1.29, 1.82) is 5.26 Å². The summed E-state index contributed by atoms with van der Waals surface area (Å²) in [5.74, 6) is -0.237. The number of nitrogens with two attached hydrogens (primary N) is 2. The first-order chi connectivity index (χ1) is 12.2. The standard InChI is InChI=1S/C19H23N5O2/c1-12(26-4)23-15-9-10-24(18(25)16(15)17(21)22)14-7-5-13(6-8-14)19(2,3)11-20/h5-8H,1,9-10,21-22H2,2-4H3/b23-15-. The summed E-state index contributed by atoms with van der Waals surface area (Å²) < 4.78 is 4.95. The van der Waals surface area contributed by atoms with Gasteiger partial charge in [-0.15, -0.1) is 0 Å². The smallest absolute Gasteiger partial charge is 0.263 e. The quantitative estimate of drug-likeness (QED) is 0.633. The molecule has 1 saturated heterocycles. The molecule has 0 aromatic heterocycles. The molecule has 26 heavy (non-hydrogen) atoms. The second-order valence-electron chi connectivity index (χ2n) is 6.48. The summed E-state index contributed by atoms with van der Waals surface area (Å²) >= 11 is 0. The molecule has 1 fully saturated rings. The molecular weight excluding hydrogens is 330 g/mol. The van der Waals surface area contributed by atoms with Crippen LogP contribution in [0.1, 0.15) is 25.8 Å². The van der Waals surface area contributed by atoms with Gasteiger partial charge in [0.25, 0.3) is 5.91 Å². The van der Waals surface area contributed by atoms with Crippen LogP contribution in [0.4, 0.5) is 5.69 Å². The van der Waals surface area contributed by atoms with Gasteiger partial charge in [0, 0.05) is 18.7 Å².